The minimum absolute atomic E-state index is 0.106. The Morgan fingerprint density at radius 2 is 2.20 bits per heavy atom. The Balaban J connectivity index is 1.38. The Morgan fingerprint density at radius 3 is 3.00 bits per heavy atom. The summed E-state index contributed by atoms with van der Waals surface area (Å²) < 4.78 is 7.39. The molecule has 160 valence electrons. The van der Waals surface area contributed by atoms with Crippen LogP contribution in [0.5, 0.6) is 5.75 Å². The summed E-state index contributed by atoms with van der Waals surface area (Å²) in [6, 6.07) is 5.51. The molecule has 0 aliphatic carbocycles. The highest BCUT2D eigenvalue weighted by atomic mass is 16.5. The Kier molecular flexibility index (Phi) is 5.98. The molecular weight excluding hydrogens is 384 g/mol. The van der Waals surface area contributed by atoms with Crippen molar-refractivity contribution in [3.05, 3.63) is 41.0 Å². The Hall–Kier alpha value is -2.94. The minimum Gasteiger partial charge on any atom is -0.496 e. The van der Waals surface area contributed by atoms with Gasteiger partial charge in [0.05, 0.1) is 26.1 Å². The molecule has 2 aliphatic rings. The molecule has 9 nitrogen and oxygen atoms in total. The highest BCUT2D eigenvalue weighted by molar-refractivity contribution is 5.88. The van der Waals surface area contributed by atoms with Gasteiger partial charge in [-0.05, 0) is 30.5 Å². The second-order valence-corrected chi connectivity index (χ2v) is 7.85. The normalized spacial score (nSPS) is 18.7. The van der Waals surface area contributed by atoms with Crippen LogP contribution in [-0.4, -0.2) is 57.7 Å². The van der Waals surface area contributed by atoms with E-state index in [0.717, 1.165) is 47.9 Å². The number of fused-ring (bicyclic) bond motifs is 1. The van der Waals surface area contributed by atoms with Gasteiger partial charge in [-0.3, -0.25) is 14.5 Å². The van der Waals surface area contributed by atoms with Gasteiger partial charge in [0.1, 0.15) is 11.6 Å². The molecule has 1 unspecified atom stereocenters. The number of nitrogens with one attached hydrogen (secondary N) is 2. The van der Waals surface area contributed by atoms with E-state index in [1.807, 2.05) is 19.1 Å². The van der Waals surface area contributed by atoms with Crippen molar-refractivity contribution in [2.24, 2.45) is 0 Å². The van der Waals surface area contributed by atoms with Crippen LogP contribution in [0, 0.1) is 6.92 Å². The van der Waals surface area contributed by atoms with E-state index in [1.165, 1.54) is 0 Å². The molecule has 1 aromatic carbocycles. The first-order chi connectivity index (χ1) is 14.5. The Morgan fingerprint density at radius 1 is 1.33 bits per heavy atom. The molecule has 4 rings (SSSR count). The number of carbonyl (C=O) groups excluding carboxylic acids is 2. The highest BCUT2D eigenvalue weighted by Crippen LogP contribution is 2.21. The van der Waals surface area contributed by atoms with Crippen LogP contribution in [-0.2, 0) is 35.6 Å². The fourth-order valence-electron chi connectivity index (χ4n) is 4.21. The second-order valence-electron chi connectivity index (χ2n) is 7.85. The van der Waals surface area contributed by atoms with E-state index in [1.54, 1.807) is 7.11 Å². The molecule has 3 heterocycles. The first-order valence-electron chi connectivity index (χ1n) is 10.4. The summed E-state index contributed by atoms with van der Waals surface area (Å²) in [7, 11) is 1.65. The number of amides is 2. The number of methoxy groups -OCH3 is 1. The van der Waals surface area contributed by atoms with Gasteiger partial charge in [0, 0.05) is 32.6 Å². The summed E-state index contributed by atoms with van der Waals surface area (Å²) in [4.78, 5) is 27.2. The zero-order chi connectivity index (χ0) is 21.1. The second kappa shape index (κ2) is 8.83. The van der Waals surface area contributed by atoms with Gasteiger partial charge in [0.2, 0.25) is 11.8 Å². The maximum atomic E-state index is 12.6. The number of hydrogen-bond acceptors (Lipinski definition) is 6. The lowest BCUT2D eigenvalue weighted by atomic mass is 10.1. The van der Waals surface area contributed by atoms with Crippen molar-refractivity contribution >= 4 is 11.8 Å². The standard InChI is InChI=1S/C21H28N6O3/c1-14-10-15(5-6-17(14)30-2)13-26-9-7-22-21(29)16(26)11-20(28)23-12-19-25-24-18-4-3-8-27(18)19/h5-6,10,16H,3-4,7-9,11-13H2,1-2H3,(H,22,29)(H,23,28). The third-order valence-corrected chi connectivity index (χ3v) is 5.80. The molecule has 9 heteroatoms. The van der Waals surface area contributed by atoms with Crippen LogP contribution in [0.1, 0.15) is 35.6 Å². The maximum Gasteiger partial charge on any atom is 0.237 e. The number of aryl methyl sites for hydroxylation is 2. The molecule has 1 atom stereocenters. The van der Waals surface area contributed by atoms with Gasteiger partial charge in [-0.2, -0.15) is 0 Å². The monoisotopic (exact) mass is 412 g/mol. The van der Waals surface area contributed by atoms with E-state index in [9.17, 15) is 9.59 Å². The number of piperazine rings is 1. The van der Waals surface area contributed by atoms with E-state index in [-0.39, 0.29) is 18.2 Å². The van der Waals surface area contributed by atoms with Crippen LogP contribution < -0.4 is 15.4 Å². The van der Waals surface area contributed by atoms with E-state index in [2.05, 4.69) is 36.4 Å². The van der Waals surface area contributed by atoms with Crippen LogP contribution in [0.2, 0.25) is 0 Å². The fourth-order valence-corrected chi connectivity index (χ4v) is 4.21. The number of carbonyl (C=O) groups is 2. The van der Waals surface area contributed by atoms with Gasteiger partial charge in [0.15, 0.2) is 5.82 Å². The van der Waals surface area contributed by atoms with Crippen LogP contribution in [0.3, 0.4) is 0 Å². The SMILES string of the molecule is COc1ccc(CN2CCNC(=O)C2CC(=O)NCc2nnc3n2CCC3)cc1C. The van der Waals surface area contributed by atoms with Gasteiger partial charge in [-0.15, -0.1) is 10.2 Å². The quantitative estimate of drug-likeness (QED) is 0.689. The van der Waals surface area contributed by atoms with Crippen molar-refractivity contribution in [3.63, 3.8) is 0 Å². The number of rotatable bonds is 7. The molecule has 30 heavy (non-hydrogen) atoms. The lowest BCUT2D eigenvalue weighted by Crippen LogP contribution is -2.56. The summed E-state index contributed by atoms with van der Waals surface area (Å²) in [6.07, 6.45) is 2.11. The summed E-state index contributed by atoms with van der Waals surface area (Å²) in [5.41, 5.74) is 2.14. The van der Waals surface area contributed by atoms with Gasteiger partial charge in [-0.1, -0.05) is 12.1 Å². The zero-order valence-electron chi connectivity index (χ0n) is 17.5. The summed E-state index contributed by atoms with van der Waals surface area (Å²) in [5, 5.41) is 14.1. The molecule has 2 aromatic rings. The first kappa shape index (κ1) is 20.3. The summed E-state index contributed by atoms with van der Waals surface area (Å²) in [5.74, 6) is 2.32. The third kappa shape index (κ3) is 4.30. The van der Waals surface area contributed by atoms with Crippen LogP contribution in [0.15, 0.2) is 18.2 Å². The van der Waals surface area contributed by atoms with Crippen LogP contribution >= 0.6 is 0 Å². The lowest BCUT2D eigenvalue weighted by Gasteiger charge is -2.34. The van der Waals surface area contributed by atoms with Crippen LogP contribution in [0.25, 0.3) is 0 Å². The molecular formula is C21H28N6O3. The molecule has 1 aromatic heterocycles. The molecule has 0 bridgehead atoms. The molecule has 1 fully saturated rings. The molecule has 0 radical (unpaired) electrons. The van der Waals surface area contributed by atoms with Crippen molar-refractivity contribution in [1.82, 2.24) is 30.3 Å². The average molecular weight is 412 g/mol. The van der Waals surface area contributed by atoms with Crippen molar-refractivity contribution in [3.8, 4) is 5.75 Å². The predicted octanol–water partition coefficient (Wildman–Crippen LogP) is 0.548. The van der Waals surface area contributed by atoms with E-state index >= 15 is 0 Å². The number of nitrogens with zero attached hydrogens (tertiary/aromatic N) is 4. The topological polar surface area (TPSA) is 101 Å². The Bertz CT molecular complexity index is 941. The van der Waals surface area contributed by atoms with E-state index in [0.29, 0.717) is 26.2 Å². The van der Waals surface area contributed by atoms with Gasteiger partial charge >= 0.3 is 0 Å². The van der Waals surface area contributed by atoms with Crippen molar-refractivity contribution < 1.29 is 14.3 Å². The first-order valence-corrected chi connectivity index (χ1v) is 10.4. The van der Waals surface area contributed by atoms with E-state index < -0.39 is 6.04 Å². The minimum atomic E-state index is -0.495. The lowest BCUT2D eigenvalue weighted by molar-refractivity contribution is -0.134. The van der Waals surface area contributed by atoms with Gasteiger partial charge < -0.3 is 19.9 Å². The molecule has 2 amide bonds. The molecule has 2 N–H and O–H groups in total. The van der Waals surface area contributed by atoms with E-state index in [4.69, 9.17) is 4.74 Å². The third-order valence-electron chi connectivity index (χ3n) is 5.80. The fraction of sp³-hybridized carbons (Fsp3) is 0.524. The highest BCUT2D eigenvalue weighted by Gasteiger charge is 2.31. The predicted molar refractivity (Wildman–Crippen MR) is 110 cm³/mol. The van der Waals surface area contributed by atoms with Gasteiger partial charge in [-0.25, -0.2) is 0 Å². The van der Waals surface area contributed by atoms with Crippen molar-refractivity contribution in [2.75, 3.05) is 20.2 Å². The molecule has 2 aliphatic heterocycles. The number of ether oxygens (including phenoxy) is 1. The molecule has 1 saturated heterocycles. The summed E-state index contributed by atoms with van der Waals surface area (Å²) in [6.45, 7) is 5.11. The number of benzene rings is 1. The largest absolute Gasteiger partial charge is 0.496 e. The molecule has 0 spiro atoms. The van der Waals surface area contributed by atoms with Crippen molar-refractivity contribution in [1.29, 1.82) is 0 Å². The maximum absolute atomic E-state index is 12.6. The Labute approximate surface area is 175 Å². The average Bonchev–Trinajstić information content (AvgIpc) is 3.33. The zero-order valence-corrected chi connectivity index (χ0v) is 17.5. The molecule has 0 saturated carbocycles. The smallest absolute Gasteiger partial charge is 0.237 e. The number of aromatic nitrogens is 3. The van der Waals surface area contributed by atoms with Gasteiger partial charge in [0.25, 0.3) is 0 Å². The van der Waals surface area contributed by atoms with Crippen molar-refractivity contribution in [2.45, 2.75) is 51.9 Å². The summed E-state index contributed by atoms with van der Waals surface area (Å²) >= 11 is 0. The number of hydrogen-bond donors (Lipinski definition) is 2. The van der Waals surface area contributed by atoms with Crippen LogP contribution in [0.4, 0.5) is 0 Å².